The van der Waals surface area contributed by atoms with Gasteiger partial charge in [0.05, 0.1) is 138 Å². The lowest BCUT2D eigenvalue weighted by Crippen LogP contribution is -2.15. The zero-order valence-corrected chi connectivity index (χ0v) is 26.1. The van der Waals surface area contributed by atoms with E-state index in [1.165, 1.54) is 0 Å². The highest BCUT2D eigenvalue weighted by Gasteiger charge is 2.04. The highest BCUT2D eigenvalue weighted by Crippen LogP contribution is 2.02. The molecule has 0 aliphatic heterocycles. The number of ether oxygens (including phenoxy) is 11. The lowest BCUT2D eigenvalue weighted by Gasteiger charge is -2.14. The Morgan fingerprint density at radius 3 is 0.805 bits per heavy atom. The van der Waals surface area contributed by atoms with Gasteiger partial charge in [0.2, 0.25) is 0 Å². The summed E-state index contributed by atoms with van der Waals surface area (Å²) >= 11 is 0. The van der Waals surface area contributed by atoms with Crippen LogP contribution in [0.25, 0.3) is 0 Å². The Labute approximate surface area is 247 Å². The van der Waals surface area contributed by atoms with Crippen molar-refractivity contribution in [2.75, 3.05) is 146 Å². The second kappa shape index (κ2) is 37.2. The summed E-state index contributed by atoms with van der Waals surface area (Å²) in [7, 11) is 1.71. The van der Waals surface area contributed by atoms with Crippen molar-refractivity contribution in [3.63, 3.8) is 0 Å². The van der Waals surface area contributed by atoms with Crippen LogP contribution in [0, 0.1) is 0 Å². The van der Waals surface area contributed by atoms with Crippen LogP contribution in [0.3, 0.4) is 0 Å². The molecule has 248 valence electrons. The summed E-state index contributed by atoms with van der Waals surface area (Å²) in [5.74, 6) is 0. The Bertz CT molecular complexity index is 483. The van der Waals surface area contributed by atoms with Crippen LogP contribution in [0.15, 0.2) is 0 Å². The van der Waals surface area contributed by atoms with Crippen molar-refractivity contribution in [1.29, 1.82) is 0 Å². The Morgan fingerprint density at radius 2 is 0.634 bits per heavy atom. The molecule has 0 saturated heterocycles. The average Bonchev–Trinajstić information content (AvgIpc) is 2.96. The first kappa shape index (κ1) is 42.3. The topological polar surface area (TPSA) is 145 Å². The van der Waals surface area contributed by atoms with Crippen molar-refractivity contribution in [3.05, 3.63) is 0 Å². The Kier molecular flexibility index (Phi) is 38.4. The number of carbonyl (C=O) groups excluding carboxylic acids is 1. The lowest BCUT2D eigenvalue weighted by molar-refractivity contribution is -0.109. The largest absolute Gasteiger partial charge is 0.379 e. The van der Waals surface area contributed by atoms with Gasteiger partial charge in [-0.15, -0.1) is 0 Å². The van der Waals surface area contributed by atoms with Crippen LogP contribution >= 0.6 is 0 Å². The second-order valence-electron chi connectivity index (χ2n) is 9.18. The number of methoxy groups -OCH3 is 1. The van der Waals surface area contributed by atoms with Crippen LogP contribution < -0.4 is 5.73 Å². The van der Waals surface area contributed by atoms with E-state index in [2.05, 4.69) is 0 Å². The summed E-state index contributed by atoms with van der Waals surface area (Å²) in [5, 5.41) is 0. The minimum atomic E-state index is 0.0417. The molecule has 0 rings (SSSR count). The van der Waals surface area contributed by atoms with E-state index in [1.807, 2.05) is 20.8 Å². The van der Waals surface area contributed by atoms with Crippen molar-refractivity contribution in [1.82, 2.24) is 0 Å². The number of hydrogen-bond acceptors (Lipinski definition) is 13. The monoisotopic (exact) mass is 601 g/mol. The van der Waals surface area contributed by atoms with E-state index in [9.17, 15) is 4.79 Å². The molecular weight excluding hydrogens is 542 g/mol. The molecule has 0 bridgehead atoms. The van der Waals surface area contributed by atoms with Gasteiger partial charge in [-0.2, -0.15) is 0 Å². The van der Waals surface area contributed by atoms with E-state index in [-0.39, 0.29) is 5.60 Å². The van der Waals surface area contributed by atoms with Crippen LogP contribution in [0.4, 0.5) is 0 Å². The van der Waals surface area contributed by atoms with Crippen LogP contribution in [0.1, 0.15) is 27.2 Å². The second-order valence-corrected chi connectivity index (χ2v) is 9.18. The van der Waals surface area contributed by atoms with Crippen LogP contribution in [0.5, 0.6) is 0 Å². The van der Waals surface area contributed by atoms with E-state index < -0.39 is 0 Å². The fraction of sp³-hybridized carbons (Fsp3) is 0.964. The molecule has 0 aromatic rings. The molecule has 2 N–H and O–H groups in total. The van der Waals surface area contributed by atoms with E-state index in [0.29, 0.717) is 145 Å². The smallest absolute Gasteiger partial charge is 0.122 e. The number of carbonyl (C=O) groups is 1. The van der Waals surface area contributed by atoms with Crippen molar-refractivity contribution in [2.24, 2.45) is 5.73 Å². The Morgan fingerprint density at radius 1 is 0.439 bits per heavy atom. The van der Waals surface area contributed by atoms with Crippen LogP contribution in [-0.4, -0.2) is 158 Å². The molecule has 0 aliphatic rings. The van der Waals surface area contributed by atoms with Gasteiger partial charge in [0.25, 0.3) is 0 Å². The summed E-state index contributed by atoms with van der Waals surface area (Å²) in [6.45, 7) is 16.8. The molecule has 0 aliphatic carbocycles. The molecule has 0 saturated carbocycles. The zero-order valence-electron chi connectivity index (χ0n) is 26.1. The third-order valence-corrected chi connectivity index (χ3v) is 4.60. The standard InChI is InChI=1S/C23H47NO11.C5H12O/c24-2-5-27-7-9-29-11-13-31-15-17-33-19-21-35-23-22-34-20-18-32-16-14-30-12-10-28-8-6-26-4-1-3-25;1-5(2,3)6-4/h3H,1-2,4-24H2;1-4H3. The zero-order chi connectivity index (χ0) is 30.5. The number of hydrogen-bond donors (Lipinski definition) is 1. The van der Waals surface area contributed by atoms with Gasteiger partial charge in [-0.1, -0.05) is 0 Å². The van der Waals surface area contributed by atoms with Crippen molar-refractivity contribution < 1.29 is 56.9 Å². The third-order valence-electron chi connectivity index (χ3n) is 4.60. The molecule has 0 radical (unpaired) electrons. The summed E-state index contributed by atoms with van der Waals surface area (Å²) in [5.41, 5.74) is 5.36. The summed E-state index contributed by atoms with van der Waals surface area (Å²) < 4.78 is 58.5. The highest BCUT2D eigenvalue weighted by molar-refractivity contribution is 5.49. The van der Waals surface area contributed by atoms with E-state index in [1.54, 1.807) is 7.11 Å². The van der Waals surface area contributed by atoms with E-state index in [4.69, 9.17) is 57.8 Å². The summed E-state index contributed by atoms with van der Waals surface area (Å²) in [6.07, 6.45) is 1.25. The first-order chi connectivity index (χ1) is 20.0. The van der Waals surface area contributed by atoms with Gasteiger partial charge < -0.3 is 62.6 Å². The molecule has 0 aromatic carbocycles. The van der Waals surface area contributed by atoms with Gasteiger partial charge >= 0.3 is 0 Å². The van der Waals surface area contributed by atoms with Crippen LogP contribution in [0.2, 0.25) is 0 Å². The fourth-order valence-electron chi connectivity index (χ4n) is 2.30. The van der Waals surface area contributed by atoms with Gasteiger partial charge in [-0.05, 0) is 20.8 Å². The van der Waals surface area contributed by atoms with Gasteiger partial charge in [-0.25, -0.2) is 0 Å². The average molecular weight is 602 g/mol. The van der Waals surface area contributed by atoms with E-state index in [0.717, 1.165) is 6.29 Å². The van der Waals surface area contributed by atoms with Gasteiger partial charge in [0, 0.05) is 20.1 Å². The normalized spacial score (nSPS) is 11.4. The molecule has 0 aromatic heterocycles. The Hall–Kier alpha value is -0.810. The molecule has 0 spiro atoms. The predicted octanol–water partition coefficient (Wildman–Crippen LogP) is 1.13. The predicted molar refractivity (Wildman–Crippen MR) is 155 cm³/mol. The Balaban J connectivity index is 0. The summed E-state index contributed by atoms with van der Waals surface area (Å²) in [4.78, 5) is 10.1. The number of rotatable bonds is 32. The first-order valence-electron chi connectivity index (χ1n) is 14.4. The van der Waals surface area contributed by atoms with Crippen molar-refractivity contribution in [2.45, 2.75) is 32.8 Å². The molecule has 0 fully saturated rings. The van der Waals surface area contributed by atoms with Crippen molar-refractivity contribution in [3.8, 4) is 0 Å². The molecule has 0 amide bonds. The first-order valence-corrected chi connectivity index (χ1v) is 14.4. The number of nitrogens with two attached hydrogens (primary N) is 1. The third kappa shape index (κ3) is 46.4. The molecule has 0 unspecified atom stereocenters. The SMILES string of the molecule is COC(C)(C)C.NCCOCCOCCOCCOCCOCCOCCOCCOCCOCCOCCC=O. The van der Waals surface area contributed by atoms with Gasteiger partial charge in [-0.3, -0.25) is 0 Å². The molecule has 0 atom stereocenters. The molecular formula is C28H59NO12. The van der Waals surface area contributed by atoms with Crippen LogP contribution in [-0.2, 0) is 56.9 Å². The van der Waals surface area contributed by atoms with Crippen molar-refractivity contribution >= 4 is 6.29 Å². The molecule has 41 heavy (non-hydrogen) atoms. The maximum absolute atomic E-state index is 10.1. The molecule has 13 heteroatoms. The van der Waals surface area contributed by atoms with Gasteiger partial charge in [0.15, 0.2) is 0 Å². The minimum absolute atomic E-state index is 0.0417. The molecule has 13 nitrogen and oxygen atoms in total. The number of aldehydes is 1. The summed E-state index contributed by atoms with van der Waals surface area (Å²) in [6, 6.07) is 0. The maximum Gasteiger partial charge on any atom is 0.122 e. The highest BCUT2D eigenvalue weighted by atomic mass is 16.6. The van der Waals surface area contributed by atoms with Gasteiger partial charge in [0.1, 0.15) is 6.29 Å². The maximum atomic E-state index is 10.1. The lowest BCUT2D eigenvalue weighted by atomic mass is 10.2. The van der Waals surface area contributed by atoms with E-state index >= 15 is 0 Å². The molecule has 0 heterocycles. The quantitative estimate of drug-likeness (QED) is 0.0870. The minimum Gasteiger partial charge on any atom is -0.379 e. The fourth-order valence-corrected chi connectivity index (χ4v) is 2.30.